The van der Waals surface area contributed by atoms with Crippen LogP contribution in [-0.4, -0.2) is 42.4 Å². The van der Waals surface area contributed by atoms with Crippen molar-refractivity contribution >= 4 is 16.8 Å². The lowest BCUT2D eigenvalue weighted by Crippen LogP contribution is -2.21. The Morgan fingerprint density at radius 1 is 0.791 bits per heavy atom. The van der Waals surface area contributed by atoms with Gasteiger partial charge in [0.15, 0.2) is 11.2 Å². The number of carbonyl (C=O) groups excluding carboxylic acids is 1. The Hall–Kier alpha value is -5.64. The quantitative estimate of drug-likeness (QED) is 0.219. The van der Waals surface area contributed by atoms with Crippen LogP contribution in [0.3, 0.4) is 0 Å². The second-order valence-corrected chi connectivity index (χ2v) is 9.91. The Bertz CT molecular complexity index is 1960. The number of rotatable bonds is 6. The molecule has 0 radical (unpaired) electrons. The topological polar surface area (TPSA) is 145 Å². The summed E-state index contributed by atoms with van der Waals surface area (Å²) in [4.78, 5) is 26.3. The predicted molar refractivity (Wildman–Crippen MR) is 157 cm³/mol. The van der Waals surface area contributed by atoms with Gasteiger partial charge in [-0.25, -0.2) is 0 Å². The number of ketones is 1. The summed E-state index contributed by atoms with van der Waals surface area (Å²) < 4.78 is 28.6. The van der Waals surface area contributed by atoms with Crippen molar-refractivity contribution in [3.05, 3.63) is 88.1 Å². The number of fused-ring (bicyclic) bond motifs is 2. The second kappa shape index (κ2) is 10.6. The SMILES string of the molecule is COc1cc(O)c2c(=O)cc(-c3ccc(OC)c(-c4c(OC)cc5c(c4O)C(=O)C[C@@H](c4ccc(O)cc4)O5)c3)oc2c1. The van der Waals surface area contributed by atoms with Crippen LogP contribution in [0, 0.1) is 0 Å². The van der Waals surface area contributed by atoms with E-state index in [1.165, 1.54) is 57.7 Å². The van der Waals surface area contributed by atoms with Gasteiger partial charge in [-0.2, -0.15) is 0 Å². The highest BCUT2D eigenvalue weighted by atomic mass is 16.5. The van der Waals surface area contributed by atoms with Crippen LogP contribution in [0.25, 0.3) is 33.4 Å². The number of phenols is 3. The predicted octanol–water partition coefficient (Wildman–Crippen LogP) is 5.98. The standard InChI is InChI=1S/C33H26O10/c1-39-19-11-21(35)31-22(36)13-26(43-28(31)12-19)17-6-9-24(40-2)20(10-17)30-27(41-3)15-29-32(33(30)38)23(37)14-25(42-29)16-4-7-18(34)8-5-16/h4-13,15,25,34-35,38H,14H2,1-3H3/t25-/m0/s1. The first-order valence-corrected chi connectivity index (χ1v) is 13.2. The van der Waals surface area contributed by atoms with Gasteiger partial charge >= 0.3 is 0 Å². The molecule has 0 spiro atoms. The molecule has 43 heavy (non-hydrogen) atoms. The van der Waals surface area contributed by atoms with Crippen molar-refractivity contribution in [3.63, 3.8) is 0 Å². The van der Waals surface area contributed by atoms with Crippen LogP contribution in [0.1, 0.15) is 28.4 Å². The Balaban J connectivity index is 1.49. The van der Waals surface area contributed by atoms with Crippen molar-refractivity contribution in [2.75, 3.05) is 21.3 Å². The fraction of sp³-hybridized carbons (Fsp3) is 0.152. The van der Waals surface area contributed by atoms with E-state index in [2.05, 4.69) is 0 Å². The van der Waals surface area contributed by atoms with Gasteiger partial charge in [-0.05, 0) is 35.9 Å². The number of hydrogen-bond acceptors (Lipinski definition) is 10. The molecule has 4 aromatic carbocycles. The summed E-state index contributed by atoms with van der Waals surface area (Å²) in [6.07, 6.45) is -0.658. The van der Waals surface area contributed by atoms with Gasteiger partial charge in [-0.3, -0.25) is 9.59 Å². The first-order valence-electron chi connectivity index (χ1n) is 13.2. The van der Waals surface area contributed by atoms with Crippen LogP contribution in [0.2, 0.25) is 0 Å². The van der Waals surface area contributed by atoms with Crippen LogP contribution >= 0.6 is 0 Å². The van der Waals surface area contributed by atoms with Crippen LogP contribution < -0.4 is 24.4 Å². The van der Waals surface area contributed by atoms with Gasteiger partial charge in [0.1, 0.15) is 68.6 Å². The summed E-state index contributed by atoms with van der Waals surface area (Å²) in [7, 11) is 4.31. The summed E-state index contributed by atoms with van der Waals surface area (Å²) in [5.74, 6) is 0.327. The van der Waals surface area contributed by atoms with Crippen LogP contribution in [0.15, 0.2) is 75.9 Å². The van der Waals surface area contributed by atoms with Gasteiger partial charge in [0.2, 0.25) is 0 Å². The third-order valence-electron chi connectivity index (χ3n) is 7.40. The molecule has 218 valence electrons. The van der Waals surface area contributed by atoms with E-state index in [0.29, 0.717) is 28.2 Å². The molecule has 1 aliphatic heterocycles. The molecule has 10 nitrogen and oxygen atoms in total. The number of hydrogen-bond donors (Lipinski definition) is 3. The van der Waals surface area contributed by atoms with Crippen molar-refractivity contribution in [3.8, 4) is 62.7 Å². The Morgan fingerprint density at radius 3 is 2.23 bits per heavy atom. The number of ether oxygens (including phenoxy) is 4. The summed E-state index contributed by atoms with van der Waals surface area (Å²) >= 11 is 0. The van der Waals surface area contributed by atoms with Gasteiger partial charge in [0.05, 0.1) is 33.3 Å². The molecular weight excluding hydrogens is 556 g/mol. The summed E-state index contributed by atoms with van der Waals surface area (Å²) in [5, 5.41) is 31.5. The van der Waals surface area contributed by atoms with Crippen molar-refractivity contribution in [1.29, 1.82) is 0 Å². The van der Waals surface area contributed by atoms with E-state index in [1.807, 2.05) is 0 Å². The first kappa shape index (κ1) is 27.5. The molecule has 5 aromatic rings. The monoisotopic (exact) mass is 582 g/mol. The molecule has 1 atom stereocenters. The lowest BCUT2D eigenvalue weighted by molar-refractivity contribution is 0.0845. The largest absolute Gasteiger partial charge is 0.508 e. The molecular formula is C33H26O10. The van der Waals surface area contributed by atoms with E-state index >= 15 is 0 Å². The maximum absolute atomic E-state index is 13.4. The van der Waals surface area contributed by atoms with Crippen molar-refractivity contribution in [2.45, 2.75) is 12.5 Å². The third kappa shape index (κ3) is 4.72. The summed E-state index contributed by atoms with van der Waals surface area (Å²) in [6, 6.07) is 16.9. The number of Topliss-reactive ketones (excluding diaryl/α,β-unsaturated/α-hetero) is 1. The average Bonchev–Trinajstić information content (AvgIpc) is 3.00. The van der Waals surface area contributed by atoms with Gasteiger partial charge in [0.25, 0.3) is 0 Å². The van der Waals surface area contributed by atoms with Crippen molar-refractivity contribution in [2.24, 2.45) is 0 Å². The minimum Gasteiger partial charge on any atom is -0.508 e. The number of benzene rings is 4. The first-order chi connectivity index (χ1) is 20.7. The summed E-state index contributed by atoms with van der Waals surface area (Å²) in [6.45, 7) is 0. The maximum Gasteiger partial charge on any atom is 0.197 e. The van der Waals surface area contributed by atoms with Crippen molar-refractivity contribution in [1.82, 2.24) is 0 Å². The molecule has 1 aliphatic rings. The highest BCUT2D eigenvalue weighted by Crippen LogP contribution is 2.51. The van der Waals surface area contributed by atoms with E-state index < -0.39 is 11.5 Å². The zero-order valence-corrected chi connectivity index (χ0v) is 23.3. The number of aromatic hydroxyl groups is 3. The van der Waals surface area contributed by atoms with Gasteiger partial charge in [-0.1, -0.05) is 12.1 Å². The van der Waals surface area contributed by atoms with E-state index in [-0.39, 0.29) is 68.8 Å². The minimum atomic E-state index is -0.623. The van der Waals surface area contributed by atoms with Crippen LogP contribution in [0.4, 0.5) is 0 Å². The molecule has 0 aliphatic carbocycles. The fourth-order valence-electron chi connectivity index (χ4n) is 5.31. The molecule has 0 saturated carbocycles. The number of carbonyl (C=O) groups is 1. The second-order valence-electron chi connectivity index (χ2n) is 9.91. The van der Waals surface area contributed by atoms with Gasteiger partial charge in [-0.15, -0.1) is 0 Å². The minimum absolute atomic E-state index is 0.00177. The lowest BCUT2D eigenvalue weighted by Gasteiger charge is -2.28. The number of methoxy groups -OCH3 is 3. The summed E-state index contributed by atoms with van der Waals surface area (Å²) in [5.41, 5.74) is 1.34. The van der Waals surface area contributed by atoms with Gasteiger partial charge < -0.3 is 38.7 Å². The molecule has 3 N–H and O–H groups in total. The van der Waals surface area contributed by atoms with Crippen molar-refractivity contribution < 1.29 is 43.5 Å². The smallest absolute Gasteiger partial charge is 0.197 e. The Labute approximate surface area is 244 Å². The van der Waals surface area contributed by atoms with E-state index in [0.717, 1.165) is 0 Å². The molecule has 1 aromatic heterocycles. The molecule has 0 fully saturated rings. The highest BCUT2D eigenvalue weighted by molar-refractivity contribution is 6.06. The average molecular weight is 583 g/mol. The third-order valence-corrected chi connectivity index (χ3v) is 7.40. The van der Waals surface area contributed by atoms with E-state index in [4.69, 9.17) is 23.4 Å². The molecule has 0 unspecified atom stereocenters. The fourth-order valence-corrected chi connectivity index (χ4v) is 5.31. The zero-order chi connectivity index (χ0) is 30.4. The number of phenolic OH excluding ortho intramolecular Hbond substituents is 3. The van der Waals surface area contributed by atoms with Gasteiger partial charge in [0, 0.05) is 35.4 Å². The molecule has 0 bridgehead atoms. The Morgan fingerprint density at radius 2 is 1.53 bits per heavy atom. The normalized spacial score (nSPS) is 14.2. The molecule has 6 rings (SSSR count). The molecule has 10 heteroatoms. The highest BCUT2D eigenvalue weighted by Gasteiger charge is 2.34. The van der Waals surface area contributed by atoms with E-state index in [9.17, 15) is 24.9 Å². The molecule has 2 heterocycles. The van der Waals surface area contributed by atoms with Crippen LogP contribution in [0.5, 0.6) is 40.2 Å². The zero-order valence-electron chi connectivity index (χ0n) is 23.3. The van der Waals surface area contributed by atoms with Crippen LogP contribution in [-0.2, 0) is 0 Å². The Kier molecular flexibility index (Phi) is 6.81. The molecule has 0 saturated heterocycles. The maximum atomic E-state index is 13.4. The molecule has 0 amide bonds. The van der Waals surface area contributed by atoms with E-state index in [1.54, 1.807) is 30.3 Å². The lowest BCUT2D eigenvalue weighted by atomic mass is 9.90.